The first kappa shape index (κ1) is 12.6. The van der Waals surface area contributed by atoms with Crippen LogP contribution in [0.1, 0.15) is 31.4 Å². The van der Waals surface area contributed by atoms with Crippen molar-refractivity contribution in [2.75, 3.05) is 17.3 Å². The van der Waals surface area contributed by atoms with Gasteiger partial charge in [-0.1, -0.05) is 12.8 Å². The molecule has 1 fully saturated rings. The number of anilines is 2. The highest BCUT2D eigenvalue weighted by molar-refractivity contribution is 7.99. The van der Waals surface area contributed by atoms with E-state index in [1.807, 2.05) is 30.4 Å². The van der Waals surface area contributed by atoms with Gasteiger partial charge in [-0.05, 0) is 26.0 Å². The number of hydrogen-bond acceptors (Lipinski definition) is 4. The van der Waals surface area contributed by atoms with Gasteiger partial charge in [0.15, 0.2) is 0 Å². The molecule has 1 aliphatic rings. The highest BCUT2D eigenvalue weighted by Gasteiger charge is 2.25. The van der Waals surface area contributed by atoms with Crippen molar-refractivity contribution in [1.29, 1.82) is 0 Å². The minimum Gasteiger partial charge on any atom is -0.394 e. The molecule has 2 rings (SSSR count). The van der Waals surface area contributed by atoms with Gasteiger partial charge in [-0.25, -0.2) is 0 Å². The van der Waals surface area contributed by atoms with E-state index in [-0.39, 0.29) is 0 Å². The van der Waals surface area contributed by atoms with Crippen molar-refractivity contribution in [3.8, 4) is 0 Å². The Morgan fingerprint density at radius 1 is 1.41 bits per heavy atom. The molecule has 1 saturated carbocycles. The van der Waals surface area contributed by atoms with Gasteiger partial charge in [0, 0.05) is 18.3 Å². The van der Waals surface area contributed by atoms with E-state index in [1.54, 1.807) is 0 Å². The molecule has 1 aliphatic carbocycles. The van der Waals surface area contributed by atoms with Gasteiger partial charge < -0.3 is 11.1 Å². The van der Waals surface area contributed by atoms with E-state index < -0.39 is 0 Å². The Hall–Kier alpha value is -0.840. The number of rotatable bonds is 3. The first-order chi connectivity index (χ1) is 8.13. The fraction of sp³-hybridized carbons (Fsp3) is 0.750. The van der Waals surface area contributed by atoms with Gasteiger partial charge in [-0.2, -0.15) is 16.9 Å². The summed E-state index contributed by atoms with van der Waals surface area (Å²) in [7, 11) is 1.95. The lowest BCUT2D eigenvalue weighted by Gasteiger charge is -2.31. The zero-order chi connectivity index (χ0) is 12.4. The average Bonchev–Trinajstić information content (AvgIpc) is 2.57. The molecule has 1 heterocycles. The van der Waals surface area contributed by atoms with Crippen molar-refractivity contribution in [2.45, 2.75) is 43.9 Å². The number of hydrogen-bond donors (Lipinski definition) is 2. The Balaban J connectivity index is 2.13. The van der Waals surface area contributed by atoms with Gasteiger partial charge in [0.2, 0.25) is 0 Å². The van der Waals surface area contributed by atoms with Crippen molar-refractivity contribution >= 4 is 23.3 Å². The second-order valence-electron chi connectivity index (χ2n) is 4.78. The predicted octanol–water partition coefficient (Wildman–Crippen LogP) is 2.40. The molecule has 5 heteroatoms. The molecular formula is C12H22N4S. The third kappa shape index (κ3) is 2.54. The van der Waals surface area contributed by atoms with Gasteiger partial charge in [0.1, 0.15) is 5.82 Å². The third-order valence-electron chi connectivity index (χ3n) is 3.60. The molecule has 0 bridgehead atoms. The number of thioether (sulfide) groups is 1. The monoisotopic (exact) mass is 254 g/mol. The summed E-state index contributed by atoms with van der Waals surface area (Å²) >= 11 is 1.96. The first-order valence-corrected chi connectivity index (χ1v) is 7.50. The summed E-state index contributed by atoms with van der Waals surface area (Å²) in [5.41, 5.74) is 7.75. The summed E-state index contributed by atoms with van der Waals surface area (Å²) in [5, 5.41) is 8.64. The number of nitrogen functional groups attached to an aromatic ring is 1. The summed E-state index contributed by atoms with van der Waals surface area (Å²) in [6, 6.07) is 0.524. The number of aromatic nitrogens is 2. The molecule has 0 aliphatic heterocycles. The minimum atomic E-state index is 0.524. The van der Waals surface area contributed by atoms with Crippen molar-refractivity contribution in [3.63, 3.8) is 0 Å². The maximum Gasteiger partial charge on any atom is 0.148 e. The highest BCUT2D eigenvalue weighted by atomic mass is 32.2. The van der Waals surface area contributed by atoms with E-state index in [4.69, 9.17) is 5.73 Å². The fourth-order valence-corrected chi connectivity index (χ4v) is 3.50. The maximum atomic E-state index is 6.05. The Morgan fingerprint density at radius 2 is 2.12 bits per heavy atom. The van der Waals surface area contributed by atoms with E-state index >= 15 is 0 Å². The SMILES string of the molecule is CSC1CCCCC1Nc1c(N)c(C)nn1C. The third-order valence-corrected chi connectivity index (χ3v) is 4.77. The molecule has 3 N–H and O–H groups in total. The van der Waals surface area contributed by atoms with Gasteiger partial charge in [-0.3, -0.25) is 4.68 Å². The lowest BCUT2D eigenvalue weighted by Crippen LogP contribution is -2.35. The standard InChI is InChI=1S/C12H22N4S/c1-8-11(13)12(16(2)15-8)14-9-6-4-5-7-10(9)17-3/h9-10,14H,4-7,13H2,1-3H3. The number of nitrogens with one attached hydrogen (secondary N) is 1. The second-order valence-corrected chi connectivity index (χ2v) is 5.86. The number of nitrogens with two attached hydrogens (primary N) is 1. The zero-order valence-electron chi connectivity index (χ0n) is 10.9. The lowest BCUT2D eigenvalue weighted by molar-refractivity contribution is 0.472. The highest BCUT2D eigenvalue weighted by Crippen LogP contribution is 2.31. The van der Waals surface area contributed by atoms with E-state index in [2.05, 4.69) is 16.7 Å². The van der Waals surface area contributed by atoms with Crippen LogP contribution in [0.2, 0.25) is 0 Å². The first-order valence-electron chi connectivity index (χ1n) is 6.22. The van der Waals surface area contributed by atoms with E-state index in [1.165, 1.54) is 25.7 Å². The van der Waals surface area contributed by atoms with Crippen LogP contribution in [0.4, 0.5) is 11.5 Å². The molecule has 17 heavy (non-hydrogen) atoms. The van der Waals surface area contributed by atoms with Crippen molar-refractivity contribution < 1.29 is 0 Å². The molecular weight excluding hydrogens is 232 g/mol. The van der Waals surface area contributed by atoms with Crippen molar-refractivity contribution in [3.05, 3.63) is 5.69 Å². The summed E-state index contributed by atoms with van der Waals surface area (Å²) in [6.07, 6.45) is 7.39. The normalized spacial score (nSPS) is 24.9. The molecule has 1 aromatic rings. The largest absolute Gasteiger partial charge is 0.394 e. The molecule has 0 saturated heterocycles. The molecule has 4 nitrogen and oxygen atoms in total. The van der Waals surface area contributed by atoms with Crippen molar-refractivity contribution in [2.24, 2.45) is 7.05 Å². The smallest absolute Gasteiger partial charge is 0.148 e. The van der Waals surface area contributed by atoms with Crippen LogP contribution in [0.25, 0.3) is 0 Å². The van der Waals surface area contributed by atoms with Crippen LogP contribution < -0.4 is 11.1 Å². The molecule has 2 atom stereocenters. The van der Waals surface area contributed by atoms with Gasteiger partial charge in [0.05, 0.1) is 11.4 Å². The Kier molecular flexibility index (Phi) is 3.86. The summed E-state index contributed by atoms with van der Waals surface area (Å²) in [5.74, 6) is 0.980. The Morgan fingerprint density at radius 3 is 2.71 bits per heavy atom. The Bertz CT molecular complexity index is 388. The fourth-order valence-electron chi connectivity index (χ4n) is 2.57. The number of aryl methyl sites for hydroxylation is 2. The van der Waals surface area contributed by atoms with E-state index in [0.717, 1.165) is 17.2 Å². The molecule has 2 unspecified atom stereocenters. The number of nitrogens with zero attached hydrogens (tertiary/aromatic N) is 2. The molecule has 0 amide bonds. The summed E-state index contributed by atoms with van der Waals surface area (Å²) in [4.78, 5) is 0. The van der Waals surface area contributed by atoms with Gasteiger partial charge >= 0.3 is 0 Å². The lowest BCUT2D eigenvalue weighted by atomic mass is 9.95. The van der Waals surface area contributed by atoms with Crippen LogP contribution in [0.15, 0.2) is 0 Å². The zero-order valence-corrected chi connectivity index (χ0v) is 11.7. The van der Waals surface area contributed by atoms with E-state index in [0.29, 0.717) is 11.3 Å². The summed E-state index contributed by atoms with van der Waals surface area (Å²) < 4.78 is 1.86. The molecule has 96 valence electrons. The molecule has 1 aromatic heterocycles. The summed E-state index contributed by atoms with van der Waals surface area (Å²) in [6.45, 7) is 1.95. The minimum absolute atomic E-state index is 0.524. The van der Waals surface area contributed by atoms with Crippen LogP contribution in [0.3, 0.4) is 0 Å². The average molecular weight is 254 g/mol. The molecule has 0 aromatic carbocycles. The van der Waals surface area contributed by atoms with Crippen LogP contribution >= 0.6 is 11.8 Å². The second kappa shape index (κ2) is 5.21. The van der Waals surface area contributed by atoms with Crippen LogP contribution in [-0.2, 0) is 7.05 Å². The van der Waals surface area contributed by atoms with Gasteiger partial charge in [0.25, 0.3) is 0 Å². The van der Waals surface area contributed by atoms with E-state index in [9.17, 15) is 0 Å². The Labute approximate surface area is 107 Å². The van der Waals surface area contributed by atoms with Gasteiger partial charge in [-0.15, -0.1) is 0 Å². The maximum absolute atomic E-state index is 6.05. The molecule has 0 spiro atoms. The predicted molar refractivity (Wildman–Crippen MR) is 75.5 cm³/mol. The van der Waals surface area contributed by atoms with Crippen LogP contribution in [-0.4, -0.2) is 27.3 Å². The van der Waals surface area contributed by atoms with Crippen LogP contribution in [0, 0.1) is 6.92 Å². The topological polar surface area (TPSA) is 55.9 Å². The van der Waals surface area contributed by atoms with Crippen molar-refractivity contribution in [1.82, 2.24) is 9.78 Å². The van der Waals surface area contributed by atoms with Crippen LogP contribution in [0.5, 0.6) is 0 Å². The quantitative estimate of drug-likeness (QED) is 0.869. The molecule has 0 radical (unpaired) electrons.